The summed E-state index contributed by atoms with van der Waals surface area (Å²) in [7, 11) is 1.38. The Morgan fingerprint density at radius 2 is 1.62 bits per heavy atom. The van der Waals surface area contributed by atoms with Crippen molar-refractivity contribution in [1.82, 2.24) is 9.80 Å². The molecule has 2 aromatic carbocycles. The van der Waals surface area contributed by atoms with Gasteiger partial charge in [-0.2, -0.15) is 0 Å². The van der Waals surface area contributed by atoms with E-state index in [9.17, 15) is 18.8 Å². The lowest BCUT2D eigenvalue weighted by molar-refractivity contribution is -0.119. The van der Waals surface area contributed by atoms with Gasteiger partial charge >= 0.3 is 0 Å². The van der Waals surface area contributed by atoms with E-state index in [-0.39, 0.29) is 46.1 Å². The number of methoxy groups -OCH3 is 1. The van der Waals surface area contributed by atoms with Gasteiger partial charge in [0.05, 0.1) is 12.1 Å². The van der Waals surface area contributed by atoms with E-state index in [4.69, 9.17) is 26.8 Å². The standard InChI is InChI=1S/C22H23ClFN3O5/c1-13-3-4-14(10-17(13)24)21(29)26-5-7-27(8-6-26)22(30)15-9-16(23)20(18(11-15)31-2)32-12-19(25)28/h3-4,9-11H,5-8,12H2,1-2H3,(H2,25,28). The maximum atomic E-state index is 13.8. The number of benzene rings is 2. The molecule has 0 unspecified atom stereocenters. The first-order valence-corrected chi connectivity index (χ1v) is 10.2. The number of halogens is 2. The molecular formula is C22H23ClFN3O5. The van der Waals surface area contributed by atoms with Gasteiger partial charge < -0.3 is 25.0 Å². The lowest BCUT2D eigenvalue weighted by atomic mass is 10.1. The molecule has 0 aliphatic carbocycles. The molecule has 0 atom stereocenters. The molecule has 8 nitrogen and oxygen atoms in total. The van der Waals surface area contributed by atoms with Gasteiger partial charge in [0.25, 0.3) is 17.7 Å². The van der Waals surface area contributed by atoms with Crippen molar-refractivity contribution in [2.75, 3.05) is 39.9 Å². The van der Waals surface area contributed by atoms with Crippen LogP contribution in [-0.4, -0.2) is 67.4 Å². The number of ether oxygens (including phenoxy) is 2. The second kappa shape index (κ2) is 9.86. The fraction of sp³-hybridized carbons (Fsp3) is 0.318. The molecule has 3 amide bonds. The maximum Gasteiger partial charge on any atom is 0.255 e. The van der Waals surface area contributed by atoms with Crippen molar-refractivity contribution in [2.45, 2.75) is 6.92 Å². The number of rotatable bonds is 6. The third-order valence-electron chi connectivity index (χ3n) is 5.11. The number of hydrogen-bond donors (Lipinski definition) is 1. The highest BCUT2D eigenvalue weighted by Crippen LogP contribution is 2.36. The first-order chi connectivity index (χ1) is 15.2. The van der Waals surface area contributed by atoms with Crippen molar-refractivity contribution < 1.29 is 28.2 Å². The van der Waals surface area contributed by atoms with Crippen LogP contribution in [0.4, 0.5) is 4.39 Å². The Bertz CT molecular complexity index is 1050. The number of nitrogens with zero attached hydrogens (tertiary/aromatic N) is 2. The molecule has 1 heterocycles. The number of nitrogens with two attached hydrogens (primary N) is 1. The van der Waals surface area contributed by atoms with Gasteiger partial charge in [0.15, 0.2) is 18.1 Å². The molecular weight excluding hydrogens is 441 g/mol. The van der Waals surface area contributed by atoms with Crippen molar-refractivity contribution >= 4 is 29.3 Å². The third kappa shape index (κ3) is 5.11. The van der Waals surface area contributed by atoms with Gasteiger partial charge in [0.2, 0.25) is 0 Å². The summed E-state index contributed by atoms with van der Waals surface area (Å²) in [6.07, 6.45) is 0. The van der Waals surface area contributed by atoms with Crippen LogP contribution in [0.25, 0.3) is 0 Å². The highest BCUT2D eigenvalue weighted by molar-refractivity contribution is 6.32. The zero-order valence-electron chi connectivity index (χ0n) is 17.7. The van der Waals surface area contributed by atoms with Crippen molar-refractivity contribution in [1.29, 1.82) is 0 Å². The van der Waals surface area contributed by atoms with Crippen molar-refractivity contribution in [3.8, 4) is 11.5 Å². The van der Waals surface area contributed by atoms with Crippen LogP contribution in [-0.2, 0) is 4.79 Å². The van der Waals surface area contributed by atoms with Gasteiger partial charge in [-0.15, -0.1) is 0 Å². The summed E-state index contributed by atoms with van der Waals surface area (Å²) in [4.78, 5) is 39.8. The van der Waals surface area contributed by atoms with E-state index in [0.29, 0.717) is 31.7 Å². The van der Waals surface area contributed by atoms with Crippen LogP contribution in [0.2, 0.25) is 5.02 Å². The Labute approximate surface area is 189 Å². The van der Waals surface area contributed by atoms with E-state index in [1.165, 1.54) is 25.3 Å². The van der Waals surface area contributed by atoms with Crippen LogP contribution >= 0.6 is 11.6 Å². The second-order valence-corrected chi connectivity index (χ2v) is 7.70. The molecule has 3 rings (SSSR count). The van der Waals surface area contributed by atoms with Crippen LogP contribution in [0, 0.1) is 12.7 Å². The zero-order chi connectivity index (χ0) is 23.4. The Morgan fingerprint density at radius 3 is 2.16 bits per heavy atom. The summed E-state index contributed by atoms with van der Waals surface area (Å²) >= 11 is 6.22. The molecule has 0 spiro atoms. The number of carbonyl (C=O) groups excluding carboxylic acids is 3. The van der Waals surface area contributed by atoms with Crippen LogP contribution in [0.3, 0.4) is 0 Å². The van der Waals surface area contributed by atoms with E-state index >= 15 is 0 Å². The number of piperazine rings is 1. The first kappa shape index (κ1) is 23.3. The Morgan fingerprint density at radius 1 is 1.03 bits per heavy atom. The number of aryl methyl sites for hydroxylation is 1. The van der Waals surface area contributed by atoms with Gasteiger partial charge in [-0.1, -0.05) is 17.7 Å². The Balaban J connectivity index is 1.68. The highest BCUT2D eigenvalue weighted by Gasteiger charge is 2.27. The van der Waals surface area contributed by atoms with Crippen LogP contribution in [0.15, 0.2) is 30.3 Å². The minimum atomic E-state index is -0.677. The summed E-state index contributed by atoms with van der Waals surface area (Å²) in [6, 6.07) is 7.28. The molecule has 170 valence electrons. The number of carbonyl (C=O) groups is 3. The van der Waals surface area contributed by atoms with Crippen LogP contribution in [0.1, 0.15) is 26.3 Å². The van der Waals surface area contributed by atoms with Crippen LogP contribution < -0.4 is 15.2 Å². The monoisotopic (exact) mass is 463 g/mol. The molecule has 2 N–H and O–H groups in total. The minimum Gasteiger partial charge on any atom is -0.493 e. The average molecular weight is 464 g/mol. The zero-order valence-corrected chi connectivity index (χ0v) is 18.4. The predicted octanol–water partition coefficient (Wildman–Crippen LogP) is 2.26. The lowest BCUT2D eigenvalue weighted by Gasteiger charge is -2.35. The second-order valence-electron chi connectivity index (χ2n) is 7.29. The fourth-order valence-electron chi connectivity index (χ4n) is 3.33. The molecule has 32 heavy (non-hydrogen) atoms. The normalized spacial score (nSPS) is 13.6. The molecule has 1 aliphatic heterocycles. The summed E-state index contributed by atoms with van der Waals surface area (Å²) in [6.45, 7) is 2.48. The Kier molecular flexibility index (Phi) is 7.19. The minimum absolute atomic E-state index is 0.101. The van der Waals surface area contributed by atoms with Gasteiger partial charge in [0, 0.05) is 37.3 Å². The highest BCUT2D eigenvalue weighted by atomic mass is 35.5. The molecule has 1 aliphatic rings. The van der Waals surface area contributed by atoms with E-state index in [1.807, 2.05) is 0 Å². The van der Waals surface area contributed by atoms with Crippen LogP contribution in [0.5, 0.6) is 11.5 Å². The molecule has 0 aromatic heterocycles. The van der Waals surface area contributed by atoms with E-state index in [2.05, 4.69) is 0 Å². The van der Waals surface area contributed by atoms with Gasteiger partial charge in [-0.05, 0) is 36.8 Å². The summed E-state index contributed by atoms with van der Waals surface area (Å²) < 4.78 is 24.3. The summed E-state index contributed by atoms with van der Waals surface area (Å²) in [5.74, 6) is -1.37. The van der Waals surface area contributed by atoms with Crippen molar-refractivity contribution in [3.05, 3.63) is 57.9 Å². The van der Waals surface area contributed by atoms with Gasteiger partial charge in [-0.25, -0.2) is 4.39 Å². The van der Waals surface area contributed by atoms with Crippen molar-refractivity contribution in [2.24, 2.45) is 5.73 Å². The number of hydrogen-bond acceptors (Lipinski definition) is 5. The lowest BCUT2D eigenvalue weighted by Crippen LogP contribution is -2.50. The first-order valence-electron chi connectivity index (χ1n) is 9.84. The van der Waals surface area contributed by atoms with E-state index in [1.54, 1.807) is 28.9 Å². The average Bonchev–Trinajstić information content (AvgIpc) is 2.78. The number of primary amides is 1. The topological polar surface area (TPSA) is 102 Å². The molecule has 1 saturated heterocycles. The van der Waals surface area contributed by atoms with Crippen molar-refractivity contribution in [3.63, 3.8) is 0 Å². The molecule has 2 aromatic rings. The quantitative estimate of drug-likeness (QED) is 0.708. The van der Waals surface area contributed by atoms with Gasteiger partial charge in [-0.3, -0.25) is 14.4 Å². The SMILES string of the molecule is COc1cc(C(=O)N2CCN(C(=O)c3ccc(C)c(F)c3)CC2)cc(Cl)c1OCC(N)=O. The molecule has 10 heteroatoms. The summed E-state index contributed by atoms with van der Waals surface area (Å²) in [5, 5.41) is 0.101. The summed E-state index contributed by atoms with van der Waals surface area (Å²) in [5.41, 5.74) is 6.11. The third-order valence-corrected chi connectivity index (χ3v) is 5.39. The molecule has 0 bridgehead atoms. The fourth-order valence-corrected chi connectivity index (χ4v) is 3.60. The van der Waals surface area contributed by atoms with E-state index < -0.39 is 11.7 Å². The largest absolute Gasteiger partial charge is 0.493 e. The maximum absolute atomic E-state index is 13.8. The predicted molar refractivity (Wildman–Crippen MR) is 116 cm³/mol. The smallest absolute Gasteiger partial charge is 0.255 e. The molecule has 0 saturated carbocycles. The Hall–Kier alpha value is -3.33. The number of amides is 3. The van der Waals surface area contributed by atoms with E-state index in [0.717, 1.165) is 0 Å². The molecule has 0 radical (unpaired) electrons. The molecule has 1 fully saturated rings. The van der Waals surface area contributed by atoms with Gasteiger partial charge in [0.1, 0.15) is 5.82 Å².